The van der Waals surface area contributed by atoms with Crippen LogP contribution < -0.4 is 5.32 Å². The predicted molar refractivity (Wildman–Crippen MR) is 80.8 cm³/mol. The van der Waals surface area contributed by atoms with E-state index in [4.69, 9.17) is 0 Å². The highest BCUT2D eigenvalue weighted by atomic mass is 16.2. The largest absolute Gasteiger partial charge is 0.373 e. The van der Waals surface area contributed by atoms with Crippen molar-refractivity contribution in [1.82, 2.24) is 9.88 Å². The van der Waals surface area contributed by atoms with Gasteiger partial charge in [-0.3, -0.25) is 19.5 Å². The van der Waals surface area contributed by atoms with Gasteiger partial charge in [-0.1, -0.05) is 19.1 Å². The number of pyridine rings is 1. The van der Waals surface area contributed by atoms with Crippen molar-refractivity contribution >= 4 is 28.3 Å². The van der Waals surface area contributed by atoms with Crippen molar-refractivity contribution < 1.29 is 9.59 Å². The minimum atomic E-state index is -0.477. The van der Waals surface area contributed by atoms with E-state index in [0.717, 1.165) is 22.9 Å². The number of aromatic nitrogens is 1. The van der Waals surface area contributed by atoms with Gasteiger partial charge in [0.25, 0.3) is 5.91 Å². The molecule has 0 spiro atoms. The highest BCUT2D eigenvalue weighted by molar-refractivity contribution is 6.07. The zero-order chi connectivity index (χ0) is 14.8. The number of hydrogen-bond donors (Lipinski definition) is 1. The van der Waals surface area contributed by atoms with Crippen LogP contribution in [0.5, 0.6) is 0 Å². The number of nitrogens with one attached hydrogen (secondary N) is 1. The summed E-state index contributed by atoms with van der Waals surface area (Å²) in [6.45, 7) is 2.45. The van der Waals surface area contributed by atoms with Gasteiger partial charge in [0.15, 0.2) is 0 Å². The van der Waals surface area contributed by atoms with E-state index in [0.29, 0.717) is 6.54 Å². The van der Waals surface area contributed by atoms with Crippen LogP contribution in [-0.4, -0.2) is 34.3 Å². The van der Waals surface area contributed by atoms with E-state index in [1.54, 1.807) is 12.4 Å². The molecule has 1 saturated heterocycles. The van der Waals surface area contributed by atoms with Crippen molar-refractivity contribution in [2.45, 2.75) is 25.8 Å². The van der Waals surface area contributed by atoms with Gasteiger partial charge < -0.3 is 5.32 Å². The molecular weight excluding hydrogens is 266 g/mol. The summed E-state index contributed by atoms with van der Waals surface area (Å²) in [6.07, 6.45) is 4.50. The molecule has 1 aliphatic heterocycles. The van der Waals surface area contributed by atoms with Gasteiger partial charge in [0.2, 0.25) is 5.91 Å². The second kappa shape index (κ2) is 5.52. The van der Waals surface area contributed by atoms with Crippen LogP contribution in [0.25, 0.3) is 10.8 Å². The van der Waals surface area contributed by atoms with Crippen LogP contribution in [0.4, 0.5) is 5.69 Å². The molecule has 1 aromatic heterocycles. The van der Waals surface area contributed by atoms with Gasteiger partial charge in [0, 0.05) is 30.0 Å². The summed E-state index contributed by atoms with van der Waals surface area (Å²) in [4.78, 5) is 29.6. The lowest BCUT2D eigenvalue weighted by Gasteiger charge is -2.16. The van der Waals surface area contributed by atoms with Crippen LogP contribution in [0, 0.1) is 0 Å². The molecule has 0 bridgehead atoms. The van der Waals surface area contributed by atoms with Crippen LogP contribution in [0.3, 0.4) is 0 Å². The van der Waals surface area contributed by atoms with E-state index in [2.05, 4.69) is 10.3 Å². The minimum absolute atomic E-state index is 0.0993. The van der Waals surface area contributed by atoms with Crippen molar-refractivity contribution in [3.05, 3.63) is 36.7 Å². The van der Waals surface area contributed by atoms with E-state index in [1.165, 1.54) is 4.90 Å². The van der Waals surface area contributed by atoms with Crippen LogP contribution in [0.1, 0.15) is 19.8 Å². The fourth-order valence-electron chi connectivity index (χ4n) is 2.68. The van der Waals surface area contributed by atoms with Crippen molar-refractivity contribution in [1.29, 1.82) is 0 Å². The second-order valence-corrected chi connectivity index (χ2v) is 5.19. The summed E-state index contributed by atoms with van der Waals surface area (Å²) in [5.74, 6) is -0.236. The highest BCUT2D eigenvalue weighted by Crippen LogP contribution is 2.25. The summed E-state index contributed by atoms with van der Waals surface area (Å²) < 4.78 is 0. The molecule has 2 heterocycles. The van der Waals surface area contributed by atoms with Crippen LogP contribution in [0.15, 0.2) is 36.7 Å². The lowest BCUT2D eigenvalue weighted by Crippen LogP contribution is -2.35. The summed E-state index contributed by atoms with van der Waals surface area (Å²) in [5.41, 5.74) is 0.838. The van der Waals surface area contributed by atoms with Crippen molar-refractivity contribution in [3.8, 4) is 0 Å². The molecule has 5 nitrogen and oxygen atoms in total. The first kappa shape index (κ1) is 13.5. The number of likely N-dealkylation sites (tertiary alicyclic amines) is 1. The van der Waals surface area contributed by atoms with Gasteiger partial charge in [0.1, 0.15) is 6.04 Å². The van der Waals surface area contributed by atoms with Crippen LogP contribution >= 0.6 is 0 Å². The molecule has 1 unspecified atom stereocenters. The first-order valence-electron chi connectivity index (χ1n) is 7.14. The van der Waals surface area contributed by atoms with Crippen LogP contribution in [0.2, 0.25) is 0 Å². The molecule has 108 valence electrons. The van der Waals surface area contributed by atoms with E-state index < -0.39 is 6.04 Å². The molecule has 2 aromatic rings. The third-order valence-electron chi connectivity index (χ3n) is 3.70. The molecule has 0 radical (unpaired) electrons. The molecule has 1 aliphatic rings. The maximum atomic E-state index is 12.3. The Morgan fingerprint density at radius 1 is 1.33 bits per heavy atom. The quantitative estimate of drug-likeness (QED) is 0.874. The Kier molecular flexibility index (Phi) is 3.56. The Morgan fingerprint density at radius 3 is 3.00 bits per heavy atom. The molecule has 1 N–H and O–H groups in total. The average molecular weight is 283 g/mol. The first-order chi connectivity index (χ1) is 10.2. The summed E-state index contributed by atoms with van der Waals surface area (Å²) in [6, 6.07) is 7.27. The molecule has 2 amide bonds. The predicted octanol–water partition coefficient (Wildman–Crippen LogP) is 2.18. The third-order valence-corrected chi connectivity index (χ3v) is 3.70. The Balaban J connectivity index is 1.86. The molecule has 5 heteroatoms. The molecule has 1 atom stereocenters. The summed E-state index contributed by atoms with van der Waals surface area (Å²) >= 11 is 0. The molecule has 3 rings (SSSR count). The molecular formula is C16H17N3O2. The van der Waals surface area contributed by atoms with Gasteiger partial charge in [-0.05, 0) is 23.9 Å². The zero-order valence-electron chi connectivity index (χ0n) is 11.9. The van der Waals surface area contributed by atoms with Crippen molar-refractivity contribution in [3.63, 3.8) is 0 Å². The van der Waals surface area contributed by atoms with Gasteiger partial charge in [-0.15, -0.1) is 0 Å². The Bertz CT molecular complexity index is 693. The van der Waals surface area contributed by atoms with E-state index in [-0.39, 0.29) is 18.2 Å². The molecule has 21 heavy (non-hydrogen) atoms. The maximum Gasteiger partial charge on any atom is 0.252 e. The third kappa shape index (κ3) is 2.46. The van der Waals surface area contributed by atoms with Crippen molar-refractivity contribution in [2.75, 3.05) is 11.9 Å². The first-order valence-corrected chi connectivity index (χ1v) is 7.14. The molecule has 1 fully saturated rings. The molecule has 0 aliphatic carbocycles. The zero-order valence-corrected chi connectivity index (χ0v) is 11.9. The number of hydrogen-bond acceptors (Lipinski definition) is 4. The van der Waals surface area contributed by atoms with Gasteiger partial charge in [-0.25, -0.2) is 0 Å². The number of nitrogens with zero attached hydrogens (tertiary/aromatic N) is 2. The fraction of sp³-hybridized carbons (Fsp3) is 0.312. The SMILES string of the molecule is CCCN1C(=O)CC(Nc2cccc3ccncc23)C1=O. The number of imide groups is 1. The topological polar surface area (TPSA) is 62.3 Å². The lowest BCUT2D eigenvalue weighted by atomic mass is 10.1. The second-order valence-electron chi connectivity index (χ2n) is 5.19. The Hall–Kier alpha value is -2.43. The number of amides is 2. The van der Waals surface area contributed by atoms with E-state index >= 15 is 0 Å². The van der Waals surface area contributed by atoms with Crippen molar-refractivity contribution in [2.24, 2.45) is 0 Å². The standard InChI is InChI=1S/C16H17N3O2/c1-2-8-19-15(20)9-14(16(19)21)18-13-5-3-4-11-6-7-17-10-12(11)13/h3-7,10,14,18H,2,8-9H2,1H3. The Morgan fingerprint density at radius 2 is 2.19 bits per heavy atom. The summed E-state index contributed by atoms with van der Waals surface area (Å²) in [7, 11) is 0. The number of carbonyl (C=O) groups is 2. The normalized spacial score (nSPS) is 18.5. The Labute approximate surface area is 123 Å². The number of rotatable bonds is 4. The lowest BCUT2D eigenvalue weighted by molar-refractivity contribution is -0.138. The maximum absolute atomic E-state index is 12.3. The van der Waals surface area contributed by atoms with Gasteiger partial charge in [-0.2, -0.15) is 0 Å². The number of fused-ring (bicyclic) bond motifs is 1. The van der Waals surface area contributed by atoms with E-state index in [9.17, 15) is 9.59 Å². The fourth-order valence-corrected chi connectivity index (χ4v) is 2.68. The summed E-state index contributed by atoms with van der Waals surface area (Å²) in [5, 5.41) is 5.21. The number of benzene rings is 1. The average Bonchev–Trinajstić information content (AvgIpc) is 2.76. The number of anilines is 1. The smallest absolute Gasteiger partial charge is 0.252 e. The minimum Gasteiger partial charge on any atom is -0.373 e. The van der Waals surface area contributed by atoms with E-state index in [1.807, 2.05) is 31.2 Å². The van der Waals surface area contributed by atoms with Crippen LogP contribution in [-0.2, 0) is 9.59 Å². The molecule has 0 saturated carbocycles. The highest BCUT2D eigenvalue weighted by Gasteiger charge is 2.37. The van der Waals surface area contributed by atoms with Gasteiger partial charge in [0.05, 0.1) is 6.42 Å². The van der Waals surface area contributed by atoms with Gasteiger partial charge >= 0.3 is 0 Å². The molecule has 1 aromatic carbocycles. The monoisotopic (exact) mass is 283 g/mol. The number of carbonyl (C=O) groups excluding carboxylic acids is 2.